The number of fused-ring (bicyclic) bond motifs is 2. The van der Waals surface area contributed by atoms with E-state index in [1.807, 2.05) is 45.6 Å². The molecule has 1 saturated heterocycles. The van der Waals surface area contributed by atoms with E-state index in [9.17, 15) is 46.2 Å². The Bertz CT molecular complexity index is 2700. The summed E-state index contributed by atoms with van der Waals surface area (Å²) >= 11 is 0. The van der Waals surface area contributed by atoms with Gasteiger partial charge in [-0.25, -0.2) is 8.78 Å². The van der Waals surface area contributed by atoms with Crippen molar-refractivity contribution in [3.63, 3.8) is 0 Å². The summed E-state index contributed by atoms with van der Waals surface area (Å²) in [6, 6.07) is 14.4. The molecule has 0 unspecified atom stereocenters. The summed E-state index contributed by atoms with van der Waals surface area (Å²) in [5.41, 5.74) is -0.482. The number of carbonyl (C=O) groups excluding carboxylic acids is 2. The largest absolute Gasteiger partial charge is 0.508 e. The fourth-order valence-electron chi connectivity index (χ4n) is 6.90. The van der Waals surface area contributed by atoms with Crippen LogP contribution in [0.5, 0.6) is 5.75 Å². The van der Waals surface area contributed by atoms with Gasteiger partial charge in [0.25, 0.3) is 11.8 Å². The number of anilines is 3. The lowest BCUT2D eigenvalue weighted by Gasteiger charge is -2.25. The number of phenolic OH excluding ortho intramolecular Hbond substituents is 1. The first-order valence-electron chi connectivity index (χ1n) is 18.3. The Kier molecular flexibility index (Phi) is 11.2. The van der Waals surface area contributed by atoms with Gasteiger partial charge in [-0.15, -0.1) is 0 Å². The molecule has 0 bridgehead atoms. The topological polar surface area (TPSA) is 147 Å². The van der Waals surface area contributed by atoms with Crippen LogP contribution < -0.4 is 26.4 Å². The van der Waals surface area contributed by atoms with Crippen molar-refractivity contribution in [3.05, 3.63) is 139 Å². The van der Waals surface area contributed by atoms with Crippen LogP contribution in [0.2, 0.25) is 0 Å². The number of nitrogens with zero attached hydrogens (tertiary/aromatic N) is 1. The Morgan fingerprint density at radius 3 is 1.78 bits per heavy atom. The zero-order chi connectivity index (χ0) is 42.3. The zero-order valence-electron chi connectivity index (χ0n) is 32.1. The van der Waals surface area contributed by atoms with Crippen molar-refractivity contribution >= 4 is 50.7 Å². The van der Waals surface area contributed by atoms with Crippen molar-refractivity contribution in [3.8, 4) is 5.75 Å². The summed E-state index contributed by atoms with van der Waals surface area (Å²) in [6.07, 6.45) is -0.514. The molecular weight excluding hydrogens is 761 g/mol. The van der Waals surface area contributed by atoms with E-state index in [4.69, 9.17) is 0 Å². The monoisotopic (exact) mass is 801 g/mol. The third-order valence-corrected chi connectivity index (χ3v) is 10.0. The van der Waals surface area contributed by atoms with Crippen molar-refractivity contribution in [1.29, 1.82) is 0 Å². The van der Waals surface area contributed by atoms with Gasteiger partial charge in [0.15, 0.2) is 0 Å². The quantitative estimate of drug-likeness (QED) is 0.110. The molecule has 2 amide bonds. The van der Waals surface area contributed by atoms with Gasteiger partial charge >= 0.3 is 6.18 Å². The number of alkyl halides is 3. The van der Waals surface area contributed by atoms with E-state index < -0.39 is 57.3 Å². The molecule has 4 aromatic carbocycles. The second-order valence-electron chi connectivity index (χ2n) is 15.2. The molecule has 3 heterocycles. The normalized spacial score (nSPS) is 14.3. The number of phenols is 1. The van der Waals surface area contributed by atoms with Crippen molar-refractivity contribution < 1.29 is 36.6 Å². The lowest BCUT2D eigenvalue weighted by atomic mass is 9.85. The van der Waals surface area contributed by atoms with E-state index in [1.54, 1.807) is 0 Å². The van der Waals surface area contributed by atoms with E-state index in [0.29, 0.717) is 29.0 Å². The van der Waals surface area contributed by atoms with Crippen LogP contribution in [0.1, 0.15) is 77.9 Å². The molecule has 6 aromatic rings. The summed E-state index contributed by atoms with van der Waals surface area (Å²) in [5.74, 6) is -2.79. The third kappa shape index (κ3) is 8.58. The number of hydrogen-bond acceptors (Lipinski definition) is 6. The van der Waals surface area contributed by atoms with Crippen LogP contribution in [-0.4, -0.2) is 39.5 Å². The van der Waals surface area contributed by atoms with Gasteiger partial charge in [0.05, 0.1) is 11.3 Å². The number of halogens is 5. The third-order valence-electron chi connectivity index (χ3n) is 10.0. The number of aryl methyl sites for hydroxylation is 1. The molecule has 0 radical (unpaired) electrons. The maximum atomic E-state index is 13.7. The van der Waals surface area contributed by atoms with E-state index in [2.05, 4.69) is 20.6 Å². The number of benzene rings is 4. The molecule has 1 aliphatic heterocycles. The molecule has 0 aliphatic carbocycles. The molecule has 0 spiro atoms. The number of H-pyrrole nitrogens is 2. The molecule has 1 fully saturated rings. The smallest absolute Gasteiger partial charge is 0.418 e. The summed E-state index contributed by atoms with van der Waals surface area (Å²) in [5, 5.41) is 15.2. The number of carbonyl (C=O) groups is 2. The minimum absolute atomic E-state index is 0.0675. The van der Waals surface area contributed by atoms with Crippen LogP contribution in [-0.2, 0) is 11.6 Å². The first-order valence-corrected chi connectivity index (χ1v) is 18.3. The van der Waals surface area contributed by atoms with Crippen LogP contribution in [0.4, 0.5) is 39.0 Å². The molecule has 2 aromatic heterocycles. The lowest BCUT2D eigenvalue weighted by Crippen LogP contribution is -2.27. The molecule has 1 atom stereocenters. The second kappa shape index (κ2) is 15.8. The molecule has 1 aliphatic rings. The van der Waals surface area contributed by atoms with Crippen molar-refractivity contribution in [2.24, 2.45) is 0 Å². The fourth-order valence-corrected chi connectivity index (χ4v) is 6.90. The van der Waals surface area contributed by atoms with E-state index in [0.717, 1.165) is 54.4 Å². The molecule has 7 rings (SSSR count). The average Bonchev–Trinajstić information content (AvgIpc) is 3.58. The van der Waals surface area contributed by atoms with Crippen molar-refractivity contribution in [1.82, 2.24) is 9.97 Å². The molecule has 0 saturated carbocycles. The summed E-state index contributed by atoms with van der Waals surface area (Å²) in [4.78, 5) is 57.8. The summed E-state index contributed by atoms with van der Waals surface area (Å²) in [6.45, 7) is 10.4. The Morgan fingerprint density at radius 2 is 1.29 bits per heavy atom. The van der Waals surface area contributed by atoms with E-state index in [-0.39, 0.29) is 33.5 Å². The van der Waals surface area contributed by atoms with E-state index in [1.165, 1.54) is 42.6 Å². The van der Waals surface area contributed by atoms with Crippen LogP contribution in [0.15, 0.2) is 88.7 Å². The fraction of sp³-hybridized carbons (Fsp3) is 0.256. The average molecular weight is 802 g/mol. The van der Waals surface area contributed by atoms with Gasteiger partial charge in [-0.1, -0.05) is 20.8 Å². The number of amides is 2. The Hall–Kier alpha value is -6.51. The van der Waals surface area contributed by atoms with Gasteiger partial charge in [0.2, 0.25) is 10.9 Å². The number of nitrogens with one attached hydrogen (secondary N) is 4. The Morgan fingerprint density at radius 1 is 0.759 bits per heavy atom. The highest BCUT2D eigenvalue weighted by Crippen LogP contribution is 2.39. The van der Waals surface area contributed by atoms with Gasteiger partial charge in [-0.05, 0) is 104 Å². The number of aromatic hydroxyl groups is 1. The number of aromatic nitrogens is 2. The maximum Gasteiger partial charge on any atom is 0.418 e. The minimum atomic E-state index is -4.71. The van der Waals surface area contributed by atoms with Crippen LogP contribution in [0.25, 0.3) is 21.8 Å². The van der Waals surface area contributed by atoms with Gasteiger partial charge in [-0.2, -0.15) is 13.2 Å². The van der Waals surface area contributed by atoms with Crippen molar-refractivity contribution in [2.75, 3.05) is 22.1 Å². The Balaban J connectivity index is 0.000000198. The predicted octanol–water partition coefficient (Wildman–Crippen LogP) is 9.16. The highest BCUT2D eigenvalue weighted by molar-refractivity contribution is 6.07. The van der Waals surface area contributed by atoms with Gasteiger partial charge in [0, 0.05) is 64.2 Å². The summed E-state index contributed by atoms with van der Waals surface area (Å²) in [7, 11) is 0. The molecule has 10 nitrogen and oxygen atoms in total. The zero-order valence-corrected chi connectivity index (χ0v) is 32.1. The number of pyridine rings is 2. The Labute approximate surface area is 328 Å². The molecule has 302 valence electrons. The number of hydrogen-bond donors (Lipinski definition) is 5. The van der Waals surface area contributed by atoms with Crippen LogP contribution >= 0.6 is 0 Å². The highest BCUT2D eigenvalue weighted by Gasteiger charge is 2.36. The number of rotatable bonds is 5. The molecular formula is C43H40F5N5O5. The highest BCUT2D eigenvalue weighted by atomic mass is 19.4. The van der Waals surface area contributed by atoms with Gasteiger partial charge < -0.3 is 30.6 Å². The standard InChI is InChI=1S/C22H19F4N3O2.C21H21FN2O3/c1-12-3-2-8-29(12)14-5-7-19(17(10-14)22(24,25)26)28-21(31)16-11-27-18-6-4-13(23)9-15(18)20(16)30;1-11-7-15(21(2,3)4)18(25)9-17(11)24-20(27)14-10-23-16-6-5-12(22)8-13(16)19(14)26/h4-7,9-12H,2-3,8H2,1H3,(H,27,30)(H,28,31);5-10,25H,1-4H3,(H,23,26)(H,24,27)/t12-;/m1./s1. The lowest BCUT2D eigenvalue weighted by molar-refractivity contribution is -0.136. The summed E-state index contributed by atoms with van der Waals surface area (Å²) < 4.78 is 68.1. The first kappa shape index (κ1) is 41.1. The van der Waals surface area contributed by atoms with Crippen LogP contribution in [0, 0.1) is 18.6 Å². The number of aromatic amines is 2. The SMILES string of the molecule is C[C@@H]1CCCN1c1ccc(NC(=O)c2c[nH]c3ccc(F)cc3c2=O)c(C(F)(F)F)c1.Cc1cc(C(C)(C)C)c(O)cc1NC(=O)c1c[nH]c2ccc(F)cc2c1=O. The van der Waals surface area contributed by atoms with E-state index >= 15 is 0 Å². The second-order valence-corrected chi connectivity index (χ2v) is 15.2. The predicted molar refractivity (Wildman–Crippen MR) is 214 cm³/mol. The van der Waals surface area contributed by atoms with Crippen molar-refractivity contribution in [2.45, 2.75) is 65.1 Å². The van der Waals surface area contributed by atoms with Gasteiger partial charge in [0.1, 0.15) is 28.5 Å². The van der Waals surface area contributed by atoms with Gasteiger partial charge in [-0.3, -0.25) is 19.2 Å². The minimum Gasteiger partial charge on any atom is -0.508 e. The molecule has 5 N–H and O–H groups in total. The van der Waals surface area contributed by atoms with Crippen LogP contribution in [0.3, 0.4) is 0 Å². The molecule has 15 heteroatoms. The molecule has 58 heavy (non-hydrogen) atoms. The maximum absolute atomic E-state index is 13.7. The first-order chi connectivity index (χ1) is 27.2.